The first kappa shape index (κ1) is 18.8. The van der Waals surface area contributed by atoms with Crippen LogP contribution in [0.5, 0.6) is 11.5 Å². The molecule has 0 aliphatic rings. The number of benzene rings is 2. The summed E-state index contributed by atoms with van der Waals surface area (Å²) in [5.41, 5.74) is 2.34. The number of methoxy groups -OCH3 is 1. The Balaban J connectivity index is 1.75. The van der Waals surface area contributed by atoms with Crippen molar-refractivity contribution in [1.82, 2.24) is 5.32 Å². The van der Waals surface area contributed by atoms with E-state index in [0.29, 0.717) is 19.6 Å². The number of amides is 1. The first-order valence-corrected chi connectivity index (χ1v) is 8.52. The average Bonchev–Trinajstić information content (AvgIpc) is 2.60. The predicted octanol–water partition coefficient (Wildman–Crippen LogP) is 4.08. The summed E-state index contributed by atoms with van der Waals surface area (Å²) >= 11 is 0. The van der Waals surface area contributed by atoms with Crippen molar-refractivity contribution in [2.24, 2.45) is 0 Å². The van der Waals surface area contributed by atoms with Crippen molar-refractivity contribution in [2.75, 3.05) is 13.7 Å². The normalized spacial score (nSPS) is 11.0. The van der Waals surface area contributed by atoms with Gasteiger partial charge in [-0.3, -0.25) is 4.79 Å². The van der Waals surface area contributed by atoms with Crippen molar-refractivity contribution in [3.05, 3.63) is 59.7 Å². The van der Waals surface area contributed by atoms with E-state index in [2.05, 4.69) is 38.2 Å². The summed E-state index contributed by atoms with van der Waals surface area (Å²) in [6, 6.07) is 15.7. The fraction of sp³-hybridized carbons (Fsp3) is 0.381. The van der Waals surface area contributed by atoms with Crippen LogP contribution in [0.15, 0.2) is 48.5 Å². The lowest BCUT2D eigenvalue weighted by molar-refractivity contribution is -0.121. The van der Waals surface area contributed by atoms with Gasteiger partial charge in [0.1, 0.15) is 11.5 Å². The Morgan fingerprint density at radius 2 is 1.72 bits per heavy atom. The minimum absolute atomic E-state index is 0.0442. The first-order valence-electron chi connectivity index (χ1n) is 8.52. The van der Waals surface area contributed by atoms with Crippen LogP contribution in [0.4, 0.5) is 0 Å². The predicted molar refractivity (Wildman–Crippen MR) is 100 cm³/mol. The number of hydrogen-bond acceptors (Lipinski definition) is 3. The highest BCUT2D eigenvalue weighted by molar-refractivity contribution is 5.76. The average molecular weight is 341 g/mol. The molecule has 0 saturated carbocycles. The fourth-order valence-electron chi connectivity index (χ4n) is 2.44. The van der Waals surface area contributed by atoms with Crippen LogP contribution in [0.1, 0.15) is 38.3 Å². The Morgan fingerprint density at radius 1 is 1.04 bits per heavy atom. The monoisotopic (exact) mass is 341 g/mol. The van der Waals surface area contributed by atoms with E-state index >= 15 is 0 Å². The van der Waals surface area contributed by atoms with Gasteiger partial charge < -0.3 is 14.8 Å². The van der Waals surface area contributed by atoms with Gasteiger partial charge in [0.2, 0.25) is 5.91 Å². The maximum atomic E-state index is 12.0. The highest BCUT2D eigenvalue weighted by atomic mass is 16.5. The second kappa shape index (κ2) is 8.56. The third-order valence-corrected chi connectivity index (χ3v) is 3.99. The van der Waals surface area contributed by atoms with E-state index in [1.807, 2.05) is 36.4 Å². The lowest BCUT2D eigenvalue weighted by atomic mass is 9.87. The number of ether oxygens (including phenoxy) is 2. The molecule has 0 spiro atoms. The van der Waals surface area contributed by atoms with Crippen LogP contribution in [0.3, 0.4) is 0 Å². The molecule has 0 atom stereocenters. The van der Waals surface area contributed by atoms with Gasteiger partial charge in [0.25, 0.3) is 0 Å². The molecule has 0 radical (unpaired) electrons. The molecule has 134 valence electrons. The molecule has 0 aliphatic carbocycles. The van der Waals surface area contributed by atoms with Crippen LogP contribution < -0.4 is 14.8 Å². The summed E-state index contributed by atoms with van der Waals surface area (Å²) in [6.07, 6.45) is 0.316. The van der Waals surface area contributed by atoms with Crippen molar-refractivity contribution < 1.29 is 14.3 Å². The van der Waals surface area contributed by atoms with Gasteiger partial charge >= 0.3 is 0 Å². The highest BCUT2D eigenvalue weighted by Gasteiger charge is 2.13. The lowest BCUT2D eigenvalue weighted by Gasteiger charge is -2.19. The van der Waals surface area contributed by atoms with E-state index < -0.39 is 0 Å². The Labute approximate surface area is 150 Å². The molecule has 2 rings (SSSR count). The Hall–Kier alpha value is -2.49. The molecule has 4 nitrogen and oxygen atoms in total. The van der Waals surface area contributed by atoms with Crippen LogP contribution in [-0.2, 0) is 16.8 Å². The SMILES string of the molecule is COc1ccccc1CNC(=O)CCOc1ccc(C(C)(C)C)cc1. The maximum absolute atomic E-state index is 12.0. The third kappa shape index (κ3) is 5.82. The van der Waals surface area contributed by atoms with E-state index in [4.69, 9.17) is 9.47 Å². The zero-order valence-electron chi connectivity index (χ0n) is 15.5. The molecular formula is C21H27NO3. The number of rotatable bonds is 7. The molecule has 0 aromatic heterocycles. The van der Waals surface area contributed by atoms with E-state index in [1.165, 1.54) is 5.56 Å². The van der Waals surface area contributed by atoms with Crippen molar-refractivity contribution in [1.29, 1.82) is 0 Å². The van der Waals surface area contributed by atoms with E-state index in [0.717, 1.165) is 17.1 Å². The van der Waals surface area contributed by atoms with Gasteiger partial charge in [0.05, 0.1) is 20.1 Å². The van der Waals surface area contributed by atoms with Gasteiger partial charge in [-0.2, -0.15) is 0 Å². The molecule has 0 aliphatic heterocycles. The highest BCUT2D eigenvalue weighted by Crippen LogP contribution is 2.24. The van der Waals surface area contributed by atoms with Crippen LogP contribution >= 0.6 is 0 Å². The van der Waals surface area contributed by atoms with E-state index in [-0.39, 0.29) is 11.3 Å². The first-order chi connectivity index (χ1) is 11.9. The zero-order chi connectivity index (χ0) is 18.3. The Bertz CT molecular complexity index is 687. The molecule has 25 heavy (non-hydrogen) atoms. The minimum atomic E-state index is -0.0442. The lowest BCUT2D eigenvalue weighted by Crippen LogP contribution is -2.24. The fourth-order valence-corrected chi connectivity index (χ4v) is 2.44. The molecule has 2 aromatic rings. The van der Waals surface area contributed by atoms with Gasteiger partial charge in [0.15, 0.2) is 0 Å². The topological polar surface area (TPSA) is 47.6 Å². The maximum Gasteiger partial charge on any atom is 0.223 e. The third-order valence-electron chi connectivity index (χ3n) is 3.99. The molecule has 2 aromatic carbocycles. The molecule has 1 amide bonds. The number of carbonyl (C=O) groups is 1. The van der Waals surface area contributed by atoms with Crippen LogP contribution in [-0.4, -0.2) is 19.6 Å². The van der Waals surface area contributed by atoms with E-state index in [9.17, 15) is 4.79 Å². The van der Waals surface area contributed by atoms with Gasteiger partial charge in [-0.25, -0.2) is 0 Å². The molecule has 4 heteroatoms. The number of para-hydroxylation sites is 1. The molecule has 0 heterocycles. The summed E-state index contributed by atoms with van der Waals surface area (Å²) in [6.45, 7) is 7.33. The van der Waals surface area contributed by atoms with Crippen molar-refractivity contribution in [3.63, 3.8) is 0 Å². The molecule has 0 unspecified atom stereocenters. The minimum Gasteiger partial charge on any atom is -0.496 e. The van der Waals surface area contributed by atoms with Crippen molar-refractivity contribution >= 4 is 5.91 Å². The molecular weight excluding hydrogens is 314 g/mol. The van der Waals surface area contributed by atoms with Gasteiger partial charge in [-0.05, 0) is 29.2 Å². The summed E-state index contributed by atoms with van der Waals surface area (Å²) in [5, 5.41) is 2.89. The second-order valence-corrected chi connectivity index (χ2v) is 6.96. The van der Waals surface area contributed by atoms with E-state index in [1.54, 1.807) is 7.11 Å². The van der Waals surface area contributed by atoms with Crippen molar-refractivity contribution in [3.8, 4) is 11.5 Å². The number of nitrogens with one attached hydrogen (secondary N) is 1. The van der Waals surface area contributed by atoms with Gasteiger partial charge in [-0.15, -0.1) is 0 Å². The van der Waals surface area contributed by atoms with Crippen LogP contribution in [0, 0.1) is 0 Å². The number of carbonyl (C=O) groups excluding carboxylic acids is 1. The molecule has 0 fully saturated rings. The largest absolute Gasteiger partial charge is 0.496 e. The second-order valence-electron chi connectivity index (χ2n) is 6.96. The molecule has 1 N–H and O–H groups in total. The van der Waals surface area contributed by atoms with Gasteiger partial charge in [0, 0.05) is 12.1 Å². The quantitative estimate of drug-likeness (QED) is 0.825. The van der Waals surface area contributed by atoms with Crippen LogP contribution in [0.25, 0.3) is 0 Å². The molecule has 0 bridgehead atoms. The molecule has 0 saturated heterocycles. The van der Waals surface area contributed by atoms with Crippen LogP contribution in [0.2, 0.25) is 0 Å². The zero-order valence-corrected chi connectivity index (χ0v) is 15.5. The Kier molecular flexibility index (Phi) is 6.45. The summed E-state index contributed by atoms with van der Waals surface area (Å²) < 4.78 is 10.9. The van der Waals surface area contributed by atoms with Gasteiger partial charge in [-0.1, -0.05) is 51.1 Å². The Morgan fingerprint density at radius 3 is 2.36 bits per heavy atom. The number of hydrogen-bond donors (Lipinski definition) is 1. The smallest absolute Gasteiger partial charge is 0.223 e. The summed E-state index contributed by atoms with van der Waals surface area (Å²) in [4.78, 5) is 12.0. The van der Waals surface area contributed by atoms with Crippen molar-refractivity contribution in [2.45, 2.75) is 39.2 Å². The standard InChI is InChI=1S/C21H27NO3/c1-21(2,3)17-9-11-18(12-10-17)25-14-13-20(23)22-15-16-7-5-6-8-19(16)24-4/h5-12H,13-15H2,1-4H3,(H,22,23). The summed E-state index contributed by atoms with van der Waals surface area (Å²) in [5.74, 6) is 1.51. The summed E-state index contributed by atoms with van der Waals surface area (Å²) in [7, 11) is 1.62.